The number of nitrogens with zero attached hydrogens (tertiary/aromatic N) is 6. The van der Waals surface area contributed by atoms with Gasteiger partial charge in [-0.1, -0.05) is 6.07 Å². The number of methoxy groups -OCH3 is 1. The van der Waals surface area contributed by atoms with Crippen LogP contribution in [0.3, 0.4) is 0 Å². The molecule has 0 amide bonds. The molecule has 0 spiro atoms. The lowest BCUT2D eigenvalue weighted by atomic mass is 9.91. The van der Waals surface area contributed by atoms with Crippen LogP contribution in [0.2, 0.25) is 0 Å². The van der Waals surface area contributed by atoms with E-state index in [0.717, 1.165) is 45.6 Å². The molecule has 0 bridgehead atoms. The topological polar surface area (TPSA) is 81.0 Å². The lowest BCUT2D eigenvalue weighted by Gasteiger charge is -2.29. The first-order valence-electron chi connectivity index (χ1n) is 11.7. The van der Waals surface area contributed by atoms with Crippen molar-refractivity contribution >= 4 is 33.5 Å². The molecule has 1 aliphatic rings. The maximum atomic E-state index is 5.58. The van der Waals surface area contributed by atoms with Crippen LogP contribution in [0.15, 0.2) is 30.6 Å². The summed E-state index contributed by atoms with van der Waals surface area (Å²) in [6.45, 7) is 8.67. The molecule has 0 atom stereocenters. The van der Waals surface area contributed by atoms with Gasteiger partial charge in [0.2, 0.25) is 5.95 Å². The molecular formula is C25H31N7OS. The first-order chi connectivity index (χ1) is 16.4. The van der Waals surface area contributed by atoms with Crippen molar-refractivity contribution in [2.24, 2.45) is 0 Å². The zero-order valence-electron chi connectivity index (χ0n) is 20.4. The van der Waals surface area contributed by atoms with Crippen LogP contribution in [-0.2, 0) is 0 Å². The van der Waals surface area contributed by atoms with Gasteiger partial charge in [-0.15, -0.1) is 11.3 Å². The Morgan fingerprint density at radius 3 is 2.59 bits per heavy atom. The van der Waals surface area contributed by atoms with Crippen molar-refractivity contribution < 1.29 is 4.74 Å². The van der Waals surface area contributed by atoms with Crippen LogP contribution in [-0.4, -0.2) is 56.6 Å². The van der Waals surface area contributed by atoms with E-state index in [4.69, 9.17) is 14.7 Å². The smallest absolute Gasteiger partial charge is 0.229 e. The van der Waals surface area contributed by atoms with E-state index < -0.39 is 0 Å². The summed E-state index contributed by atoms with van der Waals surface area (Å²) in [6, 6.07) is 6.60. The number of piperidine rings is 1. The monoisotopic (exact) mass is 477 g/mol. The lowest BCUT2D eigenvalue weighted by molar-refractivity contribution is 0.255. The van der Waals surface area contributed by atoms with Gasteiger partial charge in [-0.2, -0.15) is 0 Å². The van der Waals surface area contributed by atoms with Gasteiger partial charge in [-0.05, 0) is 77.4 Å². The SMILES string of the molecule is COc1cnc(Nc2ccc(C3CCN(C)CC3)cn2)nc1-c1cc2nc(C)n(C(C)C)c2s1. The highest BCUT2D eigenvalue weighted by atomic mass is 32.1. The van der Waals surface area contributed by atoms with Crippen LogP contribution in [0.5, 0.6) is 5.75 Å². The number of rotatable bonds is 6. The predicted octanol–water partition coefficient (Wildman–Crippen LogP) is 5.40. The van der Waals surface area contributed by atoms with Gasteiger partial charge in [0.25, 0.3) is 0 Å². The van der Waals surface area contributed by atoms with Crippen molar-refractivity contribution in [1.82, 2.24) is 29.4 Å². The molecule has 0 aromatic carbocycles. The van der Waals surface area contributed by atoms with Crippen molar-refractivity contribution in [2.45, 2.75) is 45.6 Å². The maximum absolute atomic E-state index is 5.58. The van der Waals surface area contributed by atoms with E-state index in [9.17, 15) is 0 Å². The maximum Gasteiger partial charge on any atom is 0.229 e. The van der Waals surface area contributed by atoms with Crippen LogP contribution in [0.1, 0.15) is 50.0 Å². The Bertz CT molecular complexity index is 1290. The van der Waals surface area contributed by atoms with E-state index in [2.05, 4.69) is 57.8 Å². The first kappa shape index (κ1) is 22.7. The van der Waals surface area contributed by atoms with Crippen LogP contribution in [0.25, 0.3) is 20.9 Å². The Kier molecular flexibility index (Phi) is 6.22. The minimum atomic E-state index is 0.338. The number of ether oxygens (including phenoxy) is 1. The van der Waals surface area contributed by atoms with E-state index in [1.54, 1.807) is 24.6 Å². The highest BCUT2D eigenvalue weighted by molar-refractivity contribution is 7.21. The van der Waals surface area contributed by atoms with Gasteiger partial charge >= 0.3 is 0 Å². The van der Waals surface area contributed by atoms with E-state index in [-0.39, 0.29) is 0 Å². The molecular weight excluding hydrogens is 446 g/mol. The molecule has 4 aromatic rings. The van der Waals surface area contributed by atoms with Gasteiger partial charge in [-0.25, -0.2) is 19.9 Å². The van der Waals surface area contributed by atoms with Gasteiger partial charge in [-0.3, -0.25) is 0 Å². The molecule has 0 aliphatic carbocycles. The van der Waals surface area contributed by atoms with E-state index in [0.29, 0.717) is 23.7 Å². The number of thiophene rings is 1. The van der Waals surface area contributed by atoms with Crippen LogP contribution in [0, 0.1) is 6.92 Å². The van der Waals surface area contributed by atoms with Gasteiger partial charge in [0.05, 0.1) is 18.2 Å². The first-order valence-corrected chi connectivity index (χ1v) is 12.6. The molecule has 34 heavy (non-hydrogen) atoms. The fraction of sp³-hybridized carbons (Fsp3) is 0.440. The van der Waals surface area contributed by atoms with Crippen LogP contribution >= 0.6 is 11.3 Å². The number of nitrogens with one attached hydrogen (secondary N) is 1. The number of fused-ring (bicyclic) bond motifs is 1. The van der Waals surface area contributed by atoms with Gasteiger partial charge in [0.15, 0.2) is 5.75 Å². The molecule has 4 aromatic heterocycles. The summed E-state index contributed by atoms with van der Waals surface area (Å²) < 4.78 is 7.83. The summed E-state index contributed by atoms with van der Waals surface area (Å²) >= 11 is 1.67. The molecule has 5 rings (SSSR count). The molecule has 1 saturated heterocycles. The third-order valence-corrected chi connectivity index (χ3v) is 7.61. The number of likely N-dealkylation sites (tertiary alicyclic amines) is 1. The Labute approximate surface area is 204 Å². The highest BCUT2D eigenvalue weighted by Gasteiger charge is 2.20. The number of imidazole rings is 1. The summed E-state index contributed by atoms with van der Waals surface area (Å²) in [7, 11) is 3.83. The summed E-state index contributed by atoms with van der Waals surface area (Å²) in [6.07, 6.45) is 6.04. The standard InChI is InChI=1S/C25H31N7OS/c1-15(2)32-16(3)28-19-12-21(34-24(19)32)23-20(33-5)14-27-25(30-23)29-22-7-6-18(13-26-22)17-8-10-31(4)11-9-17/h6-7,12-15,17H,8-11H2,1-5H3,(H,26,27,29,30). The number of hydrogen-bond donors (Lipinski definition) is 1. The zero-order chi connectivity index (χ0) is 23.8. The van der Waals surface area contributed by atoms with E-state index in [1.165, 1.54) is 18.4 Å². The average Bonchev–Trinajstić information content (AvgIpc) is 3.36. The van der Waals surface area contributed by atoms with E-state index >= 15 is 0 Å². The molecule has 0 unspecified atom stereocenters. The minimum Gasteiger partial charge on any atom is -0.493 e. The molecule has 1 fully saturated rings. The molecule has 9 heteroatoms. The van der Waals surface area contributed by atoms with Gasteiger partial charge < -0.3 is 19.5 Å². The molecule has 178 valence electrons. The van der Waals surface area contributed by atoms with Crippen molar-refractivity contribution in [3.05, 3.63) is 42.0 Å². The zero-order valence-corrected chi connectivity index (χ0v) is 21.2. The van der Waals surface area contributed by atoms with Crippen molar-refractivity contribution in [3.63, 3.8) is 0 Å². The quantitative estimate of drug-likeness (QED) is 0.398. The van der Waals surface area contributed by atoms with Crippen LogP contribution in [0.4, 0.5) is 11.8 Å². The summed E-state index contributed by atoms with van der Waals surface area (Å²) in [5, 5.41) is 3.26. The fourth-order valence-electron chi connectivity index (χ4n) is 4.66. The molecule has 5 heterocycles. The second-order valence-corrected chi connectivity index (χ2v) is 10.2. The van der Waals surface area contributed by atoms with Crippen molar-refractivity contribution in [2.75, 3.05) is 32.6 Å². The molecule has 1 aliphatic heterocycles. The fourth-order valence-corrected chi connectivity index (χ4v) is 5.93. The molecule has 1 N–H and O–H groups in total. The molecule has 8 nitrogen and oxygen atoms in total. The summed E-state index contributed by atoms with van der Waals surface area (Å²) in [4.78, 5) is 23.1. The Morgan fingerprint density at radius 1 is 1.12 bits per heavy atom. The molecule has 0 saturated carbocycles. The Morgan fingerprint density at radius 2 is 1.91 bits per heavy atom. The van der Waals surface area contributed by atoms with Crippen molar-refractivity contribution in [3.8, 4) is 16.3 Å². The normalized spacial score (nSPS) is 15.4. The minimum absolute atomic E-state index is 0.338. The third kappa shape index (κ3) is 4.37. The molecule has 0 radical (unpaired) electrons. The summed E-state index contributed by atoms with van der Waals surface area (Å²) in [5.74, 6) is 3.46. The number of aromatic nitrogens is 5. The second kappa shape index (κ2) is 9.31. The number of pyridine rings is 1. The van der Waals surface area contributed by atoms with Gasteiger partial charge in [0.1, 0.15) is 27.7 Å². The van der Waals surface area contributed by atoms with E-state index in [1.807, 2.05) is 19.2 Å². The average molecular weight is 478 g/mol. The lowest BCUT2D eigenvalue weighted by Crippen LogP contribution is -2.29. The summed E-state index contributed by atoms with van der Waals surface area (Å²) in [5.41, 5.74) is 3.03. The van der Waals surface area contributed by atoms with Crippen molar-refractivity contribution in [1.29, 1.82) is 0 Å². The Balaban J connectivity index is 1.40. The second-order valence-electron chi connectivity index (χ2n) is 9.21. The largest absolute Gasteiger partial charge is 0.493 e. The third-order valence-electron chi connectivity index (χ3n) is 6.48. The van der Waals surface area contributed by atoms with Crippen LogP contribution < -0.4 is 10.1 Å². The number of hydrogen-bond acceptors (Lipinski definition) is 8. The Hall–Kier alpha value is -3.04. The number of anilines is 2. The van der Waals surface area contributed by atoms with Gasteiger partial charge in [0, 0.05) is 12.2 Å². The predicted molar refractivity (Wildman–Crippen MR) is 137 cm³/mol. The number of aryl methyl sites for hydroxylation is 1. The highest BCUT2D eigenvalue weighted by Crippen LogP contribution is 2.38.